The molecule has 1 saturated carbocycles. The van der Waals surface area contributed by atoms with Crippen molar-refractivity contribution in [3.8, 4) is 11.9 Å². The van der Waals surface area contributed by atoms with Gasteiger partial charge in [-0.1, -0.05) is 0 Å². The van der Waals surface area contributed by atoms with Crippen LogP contribution in [-0.2, 0) is 9.53 Å². The number of hydrogen-bond acceptors (Lipinski definition) is 6. The largest absolute Gasteiger partial charge is 0.472 e. The fraction of sp³-hybridized carbons (Fsp3) is 0.600. The van der Waals surface area contributed by atoms with Gasteiger partial charge in [0.05, 0.1) is 0 Å². The van der Waals surface area contributed by atoms with Gasteiger partial charge in [0.1, 0.15) is 18.8 Å². The molecule has 0 unspecified atom stereocenters. The van der Waals surface area contributed by atoms with Crippen LogP contribution in [0.3, 0.4) is 0 Å². The molecule has 2 rings (SSSR count). The van der Waals surface area contributed by atoms with E-state index in [-0.39, 0.29) is 36.2 Å². The summed E-state index contributed by atoms with van der Waals surface area (Å²) < 4.78 is 10.8. The first-order chi connectivity index (χ1) is 10.7. The highest BCUT2D eigenvalue weighted by molar-refractivity contribution is 5.77. The smallest absolute Gasteiger partial charge is 0.251 e. The molecule has 22 heavy (non-hydrogen) atoms. The van der Waals surface area contributed by atoms with Gasteiger partial charge in [0.15, 0.2) is 0 Å². The van der Waals surface area contributed by atoms with E-state index in [1.54, 1.807) is 0 Å². The zero-order chi connectivity index (χ0) is 15.8. The lowest BCUT2D eigenvalue weighted by Crippen LogP contribution is -2.41. The number of carbonyl (C=O) groups is 1. The highest BCUT2D eigenvalue weighted by Gasteiger charge is 2.24. The fourth-order valence-electron chi connectivity index (χ4n) is 2.44. The lowest BCUT2D eigenvalue weighted by atomic mass is 9.93. The van der Waals surface area contributed by atoms with Crippen molar-refractivity contribution in [2.45, 2.75) is 44.8 Å². The molecule has 1 aromatic heterocycles. The van der Waals surface area contributed by atoms with E-state index in [1.165, 1.54) is 12.4 Å². The minimum absolute atomic E-state index is 0.00356. The van der Waals surface area contributed by atoms with E-state index >= 15 is 0 Å². The molecule has 1 amide bonds. The van der Waals surface area contributed by atoms with Gasteiger partial charge in [-0.3, -0.25) is 4.79 Å². The number of amides is 1. The van der Waals surface area contributed by atoms with Crippen LogP contribution in [0.1, 0.15) is 38.3 Å². The van der Waals surface area contributed by atoms with Crippen LogP contribution in [0.4, 0.5) is 0 Å². The molecule has 7 nitrogen and oxygen atoms in total. The summed E-state index contributed by atoms with van der Waals surface area (Å²) in [4.78, 5) is 19.6. The summed E-state index contributed by atoms with van der Waals surface area (Å²) in [5, 5.41) is 11.9. The second kappa shape index (κ2) is 8.29. The summed E-state index contributed by atoms with van der Waals surface area (Å²) in [7, 11) is 0. The second-order valence-corrected chi connectivity index (χ2v) is 5.12. The van der Waals surface area contributed by atoms with Crippen LogP contribution in [0.25, 0.3) is 0 Å². The Kier molecular flexibility index (Phi) is 6.10. The predicted molar refractivity (Wildman–Crippen MR) is 78.1 cm³/mol. The molecule has 1 N–H and O–H groups in total. The van der Waals surface area contributed by atoms with Crippen LogP contribution in [-0.4, -0.2) is 41.2 Å². The lowest BCUT2D eigenvalue weighted by molar-refractivity contribution is -0.126. The van der Waals surface area contributed by atoms with Crippen LogP contribution >= 0.6 is 0 Å². The van der Waals surface area contributed by atoms with Gasteiger partial charge in [-0.15, -0.1) is 0 Å². The molecule has 1 fully saturated rings. The first-order valence-corrected chi connectivity index (χ1v) is 7.47. The van der Waals surface area contributed by atoms with Crippen molar-refractivity contribution in [2.75, 3.05) is 13.2 Å². The molecule has 1 aromatic rings. The van der Waals surface area contributed by atoms with E-state index in [0.29, 0.717) is 6.61 Å². The van der Waals surface area contributed by atoms with Gasteiger partial charge < -0.3 is 14.8 Å². The highest BCUT2D eigenvalue weighted by Crippen LogP contribution is 2.23. The van der Waals surface area contributed by atoms with Crippen LogP contribution in [0.15, 0.2) is 12.4 Å². The number of nitriles is 1. The summed E-state index contributed by atoms with van der Waals surface area (Å²) in [6, 6.07) is 2.13. The quantitative estimate of drug-likeness (QED) is 0.848. The van der Waals surface area contributed by atoms with Crippen molar-refractivity contribution < 1.29 is 14.3 Å². The Balaban J connectivity index is 1.78. The van der Waals surface area contributed by atoms with Gasteiger partial charge in [-0.25, -0.2) is 9.97 Å². The van der Waals surface area contributed by atoms with Crippen molar-refractivity contribution >= 4 is 5.91 Å². The maximum atomic E-state index is 11.6. The van der Waals surface area contributed by atoms with Gasteiger partial charge in [-0.2, -0.15) is 5.26 Å². The number of nitrogens with one attached hydrogen (secondary N) is 1. The van der Waals surface area contributed by atoms with Gasteiger partial charge in [-0.05, 0) is 32.6 Å². The molecule has 0 aliphatic heterocycles. The van der Waals surface area contributed by atoms with E-state index in [9.17, 15) is 4.79 Å². The van der Waals surface area contributed by atoms with Crippen LogP contribution in [0, 0.1) is 11.3 Å². The third kappa shape index (κ3) is 4.67. The van der Waals surface area contributed by atoms with Crippen LogP contribution in [0.5, 0.6) is 5.88 Å². The van der Waals surface area contributed by atoms with Gasteiger partial charge in [0.25, 0.3) is 5.88 Å². The number of rotatable bonds is 6. The molecule has 0 atom stereocenters. The molecule has 0 radical (unpaired) electrons. The van der Waals surface area contributed by atoms with Gasteiger partial charge >= 0.3 is 0 Å². The number of nitrogens with zero attached hydrogens (tertiary/aromatic N) is 3. The Bertz CT molecular complexity index is 536. The van der Waals surface area contributed by atoms with E-state index in [0.717, 1.165) is 25.7 Å². The third-order valence-electron chi connectivity index (χ3n) is 3.53. The maximum Gasteiger partial charge on any atom is 0.251 e. The first-order valence-electron chi connectivity index (χ1n) is 7.47. The average molecular weight is 304 g/mol. The zero-order valence-corrected chi connectivity index (χ0v) is 12.6. The first kappa shape index (κ1) is 16.2. The van der Waals surface area contributed by atoms with Crippen molar-refractivity contribution in [3.63, 3.8) is 0 Å². The number of ether oxygens (including phenoxy) is 2. The molecule has 1 aliphatic carbocycles. The van der Waals surface area contributed by atoms with Crippen molar-refractivity contribution in [3.05, 3.63) is 18.1 Å². The van der Waals surface area contributed by atoms with E-state index in [1.807, 2.05) is 13.0 Å². The highest BCUT2D eigenvalue weighted by atomic mass is 16.5. The predicted octanol–water partition coefficient (Wildman–Crippen LogP) is 1.19. The summed E-state index contributed by atoms with van der Waals surface area (Å²) in [5.41, 5.74) is 0.203. The van der Waals surface area contributed by atoms with Gasteiger partial charge in [0.2, 0.25) is 11.6 Å². The molecule has 0 saturated heterocycles. The summed E-state index contributed by atoms with van der Waals surface area (Å²) >= 11 is 0. The van der Waals surface area contributed by atoms with Crippen LogP contribution < -0.4 is 10.1 Å². The zero-order valence-electron chi connectivity index (χ0n) is 12.6. The molecule has 7 heteroatoms. The van der Waals surface area contributed by atoms with Gasteiger partial charge in [0, 0.05) is 25.0 Å². The van der Waals surface area contributed by atoms with E-state index in [4.69, 9.17) is 14.7 Å². The molecule has 0 bridgehead atoms. The molecule has 1 heterocycles. The fourth-order valence-corrected chi connectivity index (χ4v) is 2.44. The average Bonchev–Trinajstić information content (AvgIpc) is 2.55. The van der Waals surface area contributed by atoms with Crippen molar-refractivity contribution in [1.82, 2.24) is 15.3 Å². The maximum absolute atomic E-state index is 11.6. The summed E-state index contributed by atoms with van der Waals surface area (Å²) in [6.07, 6.45) is 6.27. The van der Waals surface area contributed by atoms with Crippen LogP contribution in [0.2, 0.25) is 0 Å². The number of carbonyl (C=O) groups excluding carboxylic acids is 1. The Morgan fingerprint density at radius 2 is 2.09 bits per heavy atom. The number of aromatic nitrogens is 2. The SMILES string of the molecule is CCOCC(=O)NC1CCC(Oc2nccnc2C#N)CC1. The van der Waals surface area contributed by atoms with Crippen molar-refractivity contribution in [1.29, 1.82) is 5.26 Å². The molecule has 1 aliphatic rings. The number of hydrogen-bond donors (Lipinski definition) is 1. The second-order valence-electron chi connectivity index (χ2n) is 5.12. The Hall–Kier alpha value is -2.20. The lowest BCUT2D eigenvalue weighted by Gasteiger charge is -2.29. The molecule has 0 spiro atoms. The minimum atomic E-state index is -0.0769. The summed E-state index contributed by atoms with van der Waals surface area (Å²) in [5.74, 6) is 0.209. The Morgan fingerprint density at radius 3 is 2.77 bits per heavy atom. The van der Waals surface area contributed by atoms with E-state index in [2.05, 4.69) is 15.3 Å². The molecule has 0 aromatic carbocycles. The topological polar surface area (TPSA) is 97.1 Å². The third-order valence-corrected chi connectivity index (χ3v) is 3.53. The monoisotopic (exact) mass is 304 g/mol. The molecular weight excluding hydrogens is 284 g/mol. The standard InChI is InChI=1S/C15H20N4O3/c1-2-21-10-14(20)19-11-3-5-12(6-4-11)22-15-13(9-16)17-7-8-18-15/h7-8,11-12H,2-6,10H2,1H3,(H,19,20). The van der Waals surface area contributed by atoms with E-state index < -0.39 is 0 Å². The molecule has 118 valence electrons. The van der Waals surface area contributed by atoms with Crippen molar-refractivity contribution in [2.24, 2.45) is 0 Å². The summed E-state index contributed by atoms with van der Waals surface area (Å²) in [6.45, 7) is 2.50. The Labute approximate surface area is 129 Å². The Morgan fingerprint density at radius 1 is 1.36 bits per heavy atom. The normalized spacial score (nSPS) is 20.9. The minimum Gasteiger partial charge on any atom is -0.472 e. The molecular formula is C15H20N4O3.